The van der Waals surface area contributed by atoms with Crippen molar-refractivity contribution in [2.45, 2.75) is 31.9 Å². The van der Waals surface area contributed by atoms with Crippen LogP contribution in [-0.2, 0) is 0 Å². The number of ether oxygens (including phenoxy) is 1. The van der Waals surface area contributed by atoms with Gasteiger partial charge in [0.15, 0.2) is 5.82 Å². The van der Waals surface area contributed by atoms with Gasteiger partial charge in [0.25, 0.3) is 5.91 Å². The Morgan fingerprint density at radius 1 is 0.969 bits per heavy atom. The number of likely N-dealkylation sites (tertiary alicyclic amines) is 1. The number of benzene rings is 2. The summed E-state index contributed by atoms with van der Waals surface area (Å²) in [4.78, 5) is 28.4. The first kappa shape index (κ1) is 20.1. The molecule has 6 nitrogen and oxygen atoms in total. The lowest BCUT2D eigenvalue weighted by atomic mass is 9.98. The van der Waals surface area contributed by atoms with E-state index in [9.17, 15) is 4.79 Å². The second-order valence-corrected chi connectivity index (χ2v) is 8.09. The Balaban J connectivity index is 1.40. The third kappa shape index (κ3) is 3.91. The highest BCUT2D eigenvalue weighted by Crippen LogP contribution is 2.30. The van der Waals surface area contributed by atoms with Gasteiger partial charge in [-0.2, -0.15) is 0 Å². The van der Waals surface area contributed by atoms with Crippen LogP contribution in [0.1, 0.15) is 30.1 Å². The molecule has 2 atom stereocenters. The minimum absolute atomic E-state index is 0.0176. The molecule has 2 aromatic carbocycles. The van der Waals surface area contributed by atoms with Gasteiger partial charge in [-0.3, -0.25) is 9.78 Å². The van der Waals surface area contributed by atoms with Crippen LogP contribution in [0, 0.1) is 0 Å². The first-order chi connectivity index (χ1) is 15.7. The van der Waals surface area contributed by atoms with Gasteiger partial charge in [0.05, 0.1) is 12.1 Å². The van der Waals surface area contributed by atoms with Crippen molar-refractivity contribution in [2.24, 2.45) is 0 Å². The monoisotopic (exact) mass is 424 g/mol. The standard InChI is InChI=1S/C26H24N4O2/c1-18-10-11-20(32-24-9-4-6-19-16-27-15-12-21(19)24)17-30(18)26(31)23-8-3-2-7-22(23)25-28-13-5-14-29-25/h2-9,12-16,18,20H,10-11,17H2,1H3. The topological polar surface area (TPSA) is 68.2 Å². The molecule has 2 aromatic heterocycles. The summed E-state index contributed by atoms with van der Waals surface area (Å²) >= 11 is 0. The number of carbonyl (C=O) groups excluding carboxylic acids is 1. The van der Waals surface area contributed by atoms with Gasteiger partial charge in [0.2, 0.25) is 0 Å². The van der Waals surface area contributed by atoms with Crippen molar-refractivity contribution in [1.29, 1.82) is 0 Å². The molecule has 3 heterocycles. The van der Waals surface area contributed by atoms with Crippen molar-refractivity contribution in [2.75, 3.05) is 6.54 Å². The van der Waals surface area contributed by atoms with Gasteiger partial charge in [0.1, 0.15) is 11.9 Å². The lowest BCUT2D eigenvalue weighted by Crippen LogP contribution is -2.49. The Morgan fingerprint density at radius 2 is 1.81 bits per heavy atom. The van der Waals surface area contributed by atoms with Crippen LogP contribution in [0.25, 0.3) is 22.2 Å². The first-order valence-electron chi connectivity index (χ1n) is 10.9. The molecule has 0 saturated carbocycles. The summed E-state index contributed by atoms with van der Waals surface area (Å²) in [5.41, 5.74) is 1.36. The van der Waals surface area contributed by atoms with Gasteiger partial charge in [-0.1, -0.05) is 30.3 Å². The van der Waals surface area contributed by atoms with E-state index in [0.717, 1.165) is 34.9 Å². The fraction of sp³-hybridized carbons (Fsp3) is 0.231. The highest BCUT2D eigenvalue weighted by molar-refractivity contribution is 6.00. The Hall–Kier alpha value is -3.80. The smallest absolute Gasteiger partial charge is 0.254 e. The molecule has 1 saturated heterocycles. The predicted octanol–water partition coefficient (Wildman–Crippen LogP) is 4.76. The zero-order valence-electron chi connectivity index (χ0n) is 17.9. The lowest BCUT2D eigenvalue weighted by Gasteiger charge is -2.38. The summed E-state index contributed by atoms with van der Waals surface area (Å²) in [5, 5.41) is 2.07. The van der Waals surface area contributed by atoms with E-state index < -0.39 is 0 Å². The van der Waals surface area contributed by atoms with Crippen molar-refractivity contribution in [3.63, 3.8) is 0 Å². The maximum Gasteiger partial charge on any atom is 0.254 e. The largest absolute Gasteiger partial charge is 0.488 e. The van der Waals surface area contributed by atoms with Crippen molar-refractivity contribution < 1.29 is 9.53 Å². The molecule has 0 radical (unpaired) electrons. The number of rotatable bonds is 4. The van der Waals surface area contributed by atoms with Gasteiger partial charge >= 0.3 is 0 Å². The van der Waals surface area contributed by atoms with Gasteiger partial charge < -0.3 is 9.64 Å². The fourth-order valence-electron chi connectivity index (χ4n) is 4.29. The summed E-state index contributed by atoms with van der Waals surface area (Å²) in [6.45, 7) is 2.63. The van der Waals surface area contributed by atoms with Crippen LogP contribution >= 0.6 is 0 Å². The van der Waals surface area contributed by atoms with Crippen molar-refractivity contribution in [3.05, 3.63) is 84.9 Å². The summed E-state index contributed by atoms with van der Waals surface area (Å²) < 4.78 is 6.40. The van der Waals surface area contributed by atoms with Gasteiger partial charge in [-0.25, -0.2) is 9.97 Å². The normalized spacial score (nSPS) is 18.5. The van der Waals surface area contributed by atoms with E-state index in [-0.39, 0.29) is 18.1 Å². The number of piperidine rings is 1. The van der Waals surface area contributed by atoms with E-state index in [4.69, 9.17) is 4.74 Å². The molecule has 4 aromatic rings. The highest BCUT2D eigenvalue weighted by atomic mass is 16.5. The molecule has 6 heteroatoms. The van der Waals surface area contributed by atoms with Crippen LogP contribution in [0.15, 0.2) is 79.4 Å². The second-order valence-electron chi connectivity index (χ2n) is 8.09. The zero-order chi connectivity index (χ0) is 21.9. The van der Waals surface area contributed by atoms with E-state index in [0.29, 0.717) is 17.9 Å². The number of nitrogens with zero attached hydrogens (tertiary/aromatic N) is 4. The van der Waals surface area contributed by atoms with Gasteiger partial charge in [0, 0.05) is 47.2 Å². The van der Waals surface area contributed by atoms with Crippen LogP contribution in [0.3, 0.4) is 0 Å². The quantitative estimate of drug-likeness (QED) is 0.472. The average molecular weight is 425 g/mol. The predicted molar refractivity (Wildman–Crippen MR) is 123 cm³/mol. The molecule has 1 aliphatic rings. The minimum Gasteiger partial charge on any atom is -0.488 e. The van der Waals surface area contributed by atoms with Crippen LogP contribution in [0.4, 0.5) is 0 Å². The number of aromatic nitrogens is 3. The number of pyridine rings is 1. The molecule has 1 amide bonds. The Kier molecular flexibility index (Phi) is 5.50. The molecule has 1 fully saturated rings. The van der Waals surface area contributed by atoms with Crippen LogP contribution in [-0.4, -0.2) is 44.4 Å². The van der Waals surface area contributed by atoms with Crippen LogP contribution in [0.2, 0.25) is 0 Å². The van der Waals surface area contributed by atoms with Gasteiger partial charge in [-0.15, -0.1) is 0 Å². The third-order valence-electron chi connectivity index (χ3n) is 6.00. The van der Waals surface area contributed by atoms with Gasteiger partial charge in [-0.05, 0) is 44.0 Å². The van der Waals surface area contributed by atoms with E-state index in [1.807, 2.05) is 59.6 Å². The molecule has 32 heavy (non-hydrogen) atoms. The SMILES string of the molecule is CC1CCC(Oc2cccc3cnccc23)CN1C(=O)c1ccccc1-c1ncccn1. The molecule has 5 rings (SSSR count). The summed E-state index contributed by atoms with van der Waals surface area (Å²) in [6, 6.07) is 17.4. The van der Waals surface area contributed by atoms with E-state index in [2.05, 4.69) is 21.9 Å². The zero-order valence-corrected chi connectivity index (χ0v) is 17.9. The molecule has 160 valence electrons. The number of amides is 1. The summed E-state index contributed by atoms with van der Waals surface area (Å²) in [6.07, 6.45) is 8.70. The van der Waals surface area contributed by atoms with E-state index in [1.165, 1.54) is 0 Å². The number of hydrogen-bond donors (Lipinski definition) is 0. The highest BCUT2D eigenvalue weighted by Gasteiger charge is 2.32. The molecule has 0 N–H and O–H groups in total. The first-order valence-corrected chi connectivity index (χ1v) is 10.9. The van der Waals surface area contributed by atoms with E-state index >= 15 is 0 Å². The average Bonchev–Trinajstić information content (AvgIpc) is 2.85. The van der Waals surface area contributed by atoms with E-state index in [1.54, 1.807) is 24.7 Å². The molecular weight excluding hydrogens is 400 g/mol. The Labute approximate surface area is 186 Å². The minimum atomic E-state index is -0.0750. The number of fused-ring (bicyclic) bond motifs is 1. The molecule has 0 bridgehead atoms. The van der Waals surface area contributed by atoms with Crippen molar-refractivity contribution in [1.82, 2.24) is 19.9 Å². The maximum atomic E-state index is 13.6. The fourth-order valence-corrected chi connectivity index (χ4v) is 4.29. The molecular formula is C26H24N4O2. The Morgan fingerprint density at radius 3 is 2.69 bits per heavy atom. The molecule has 0 aliphatic carbocycles. The Bertz CT molecular complexity index is 1240. The maximum absolute atomic E-state index is 13.6. The third-order valence-corrected chi connectivity index (χ3v) is 6.00. The lowest BCUT2D eigenvalue weighted by molar-refractivity contribution is 0.0389. The summed E-state index contributed by atoms with van der Waals surface area (Å²) in [5.74, 6) is 1.36. The van der Waals surface area contributed by atoms with Crippen molar-refractivity contribution >= 4 is 16.7 Å². The van der Waals surface area contributed by atoms with Crippen LogP contribution in [0.5, 0.6) is 5.75 Å². The molecule has 1 aliphatic heterocycles. The van der Waals surface area contributed by atoms with Crippen molar-refractivity contribution in [3.8, 4) is 17.1 Å². The second kappa shape index (κ2) is 8.75. The van der Waals surface area contributed by atoms with Crippen LogP contribution < -0.4 is 4.74 Å². The number of carbonyl (C=O) groups is 1. The molecule has 2 unspecified atom stereocenters. The summed E-state index contributed by atoms with van der Waals surface area (Å²) in [7, 11) is 0. The molecule has 0 spiro atoms. The number of hydrogen-bond acceptors (Lipinski definition) is 5.